The van der Waals surface area contributed by atoms with E-state index in [1.165, 1.54) is 25.5 Å². The van der Waals surface area contributed by atoms with Gasteiger partial charge in [-0.2, -0.15) is 13.5 Å². The summed E-state index contributed by atoms with van der Waals surface area (Å²) in [6, 6.07) is 11.1. The highest BCUT2D eigenvalue weighted by atomic mass is 35.5. The summed E-state index contributed by atoms with van der Waals surface area (Å²) in [6.45, 7) is 0.0421. The zero-order chi connectivity index (χ0) is 18.3. The first-order chi connectivity index (χ1) is 12.0. The molecule has 0 atom stereocenters. The molecule has 0 fully saturated rings. The average molecular weight is 379 g/mol. The molecule has 0 aliphatic rings. The molecule has 2 aromatic rings. The number of terminal acetylenes is 1. The van der Waals surface area contributed by atoms with Crippen molar-refractivity contribution < 1.29 is 17.9 Å². The van der Waals surface area contributed by atoms with Gasteiger partial charge in [0.2, 0.25) is 0 Å². The Morgan fingerprint density at radius 1 is 1.32 bits per heavy atom. The van der Waals surface area contributed by atoms with Crippen LogP contribution in [-0.2, 0) is 10.0 Å². The number of methoxy groups -OCH3 is 1. The number of nitrogens with zero attached hydrogens (tertiary/aromatic N) is 1. The second-order valence-corrected chi connectivity index (χ2v) is 6.76. The number of hydrogen-bond donors (Lipinski definition) is 1. The third-order valence-corrected chi connectivity index (χ3v) is 4.51. The van der Waals surface area contributed by atoms with Crippen LogP contribution >= 0.6 is 11.6 Å². The van der Waals surface area contributed by atoms with Crippen molar-refractivity contribution in [2.45, 2.75) is 4.90 Å². The zero-order valence-corrected chi connectivity index (χ0v) is 14.8. The molecule has 6 nitrogen and oxygen atoms in total. The molecule has 0 bridgehead atoms. The molecule has 0 aromatic heterocycles. The molecular formula is C17H15ClN2O4S. The number of ether oxygens (including phenoxy) is 2. The number of hydrogen-bond acceptors (Lipinski definition) is 5. The third-order valence-electron chi connectivity index (χ3n) is 2.99. The molecule has 2 rings (SSSR count). The Kier molecular flexibility index (Phi) is 6.28. The van der Waals surface area contributed by atoms with Crippen LogP contribution in [0.25, 0.3) is 0 Å². The first-order valence-electron chi connectivity index (χ1n) is 7.01. The van der Waals surface area contributed by atoms with Crippen molar-refractivity contribution in [2.75, 3.05) is 13.7 Å². The van der Waals surface area contributed by atoms with Crippen LogP contribution in [0.3, 0.4) is 0 Å². The largest absolute Gasteiger partial charge is 0.493 e. The minimum absolute atomic E-state index is 0.0421. The molecule has 0 aliphatic carbocycles. The van der Waals surface area contributed by atoms with E-state index in [2.05, 4.69) is 15.9 Å². The Morgan fingerprint density at radius 3 is 2.68 bits per heavy atom. The van der Waals surface area contributed by atoms with Crippen LogP contribution in [0.2, 0.25) is 5.02 Å². The fourth-order valence-electron chi connectivity index (χ4n) is 1.89. The molecule has 0 spiro atoms. The van der Waals surface area contributed by atoms with Gasteiger partial charge >= 0.3 is 0 Å². The summed E-state index contributed by atoms with van der Waals surface area (Å²) >= 11 is 6.14. The van der Waals surface area contributed by atoms with E-state index in [0.29, 0.717) is 17.1 Å². The Hall–Kier alpha value is -2.69. The molecule has 0 heterocycles. The van der Waals surface area contributed by atoms with Crippen LogP contribution in [-0.4, -0.2) is 28.3 Å². The van der Waals surface area contributed by atoms with E-state index in [1.807, 2.05) is 0 Å². The predicted molar refractivity (Wildman–Crippen MR) is 96.7 cm³/mol. The summed E-state index contributed by atoms with van der Waals surface area (Å²) in [4.78, 5) is 2.24. The summed E-state index contributed by atoms with van der Waals surface area (Å²) < 4.78 is 34.7. The number of hydrazone groups is 1. The van der Waals surface area contributed by atoms with E-state index in [4.69, 9.17) is 27.5 Å². The summed E-state index contributed by atoms with van der Waals surface area (Å²) in [6.07, 6.45) is 6.46. The maximum atomic E-state index is 12.1. The van der Waals surface area contributed by atoms with Gasteiger partial charge < -0.3 is 9.47 Å². The predicted octanol–water partition coefficient (Wildman–Crippen LogP) is 2.67. The van der Waals surface area contributed by atoms with Crippen LogP contribution in [0.5, 0.6) is 11.5 Å². The standard InChI is InChI=1S/C17H15ClN2O4S/c1-3-9-24-17-15(18)10-13(11-16(17)23-2)12-19-20-25(21,22)14-7-5-4-6-8-14/h1,4-8,10-12,20H,9H2,2H3/b19-12-. The van der Waals surface area contributed by atoms with Crippen LogP contribution in [0, 0.1) is 12.3 Å². The van der Waals surface area contributed by atoms with Crippen LogP contribution in [0.15, 0.2) is 52.5 Å². The van der Waals surface area contributed by atoms with Crippen molar-refractivity contribution in [3.8, 4) is 23.8 Å². The molecule has 0 saturated heterocycles. The lowest BCUT2D eigenvalue weighted by atomic mass is 10.2. The van der Waals surface area contributed by atoms with Gasteiger partial charge in [-0.3, -0.25) is 0 Å². The van der Waals surface area contributed by atoms with Gasteiger partial charge in [-0.25, -0.2) is 4.83 Å². The minimum atomic E-state index is -3.74. The van der Waals surface area contributed by atoms with Crippen LogP contribution < -0.4 is 14.3 Å². The lowest BCUT2D eigenvalue weighted by molar-refractivity contribution is 0.331. The Balaban J connectivity index is 2.19. The van der Waals surface area contributed by atoms with E-state index < -0.39 is 10.0 Å². The SMILES string of the molecule is C#CCOc1c(Cl)cc(/C=N\NS(=O)(=O)c2ccccc2)cc1OC. The van der Waals surface area contributed by atoms with E-state index in [0.717, 1.165) is 0 Å². The van der Waals surface area contributed by atoms with Crippen LogP contribution in [0.4, 0.5) is 0 Å². The highest BCUT2D eigenvalue weighted by Crippen LogP contribution is 2.35. The topological polar surface area (TPSA) is 77.0 Å². The number of halogens is 1. The van der Waals surface area contributed by atoms with Gasteiger partial charge in [-0.1, -0.05) is 35.7 Å². The first kappa shape index (κ1) is 18.6. The van der Waals surface area contributed by atoms with Crippen molar-refractivity contribution in [3.63, 3.8) is 0 Å². The van der Waals surface area contributed by atoms with Gasteiger partial charge in [0.25, 0.3) is 10.0 Å². The molecular weight excluding hydrogens is 364 g/mol. The fourth-order valence-corrected chi connectivity index (χ4v) is 2.98. The lowest BCUT2D eigenvalue weighted by Gasteiger charge is -2.11. The lowest BCUT2D eigenvalue weighted by Crippen LogP contribution is -2.18. The maximum Gasteiger partial charge on any atom is 0.276 e. The molecule has 1 N–H and O–H groups in total. The Morgan fingerprint density at radius 2 is 2.04 bits per heavy atom. The van der Waals surface area contributed by atoms with Gasteiger partial charge in [-0.15, -0.1) is 6.42 Å². The number of rotatable bonds is 7. The van der Waals surface area contributed by atoms with Crippen molar-refractivity contribution >= 4 is 27.8 Å². The van der Waals surface area contributed by atoms with Gasteiger partial charge in [0.1, 0.15) is 6.61 Å². The highest BCUT2D eigenvalue weighted by Gasteiger charge is 2.13. The number of nitrogens with one attached hydrogen (secondary N) is 1. The normalized spacial score (nSPS) is 11.1. The highest BCUT2D eigenvalue weighted by molar-refractivity contribution is 7.89. The quantitative estimate of drug-likeness (QED) is 0.456. The number of benzene rings is 2. The summed E-state index contributed by atoms with van der Waals surface area (Å²) in [7, 11) is -2.28. The second-order valence-electron chi connectivity index (χ2n) is 4.69. The molecule has 0 saturated carbocycles. The van der Waals surface area contributed by atoms with Gasteiger partial charge in [0, 0.05) is 0 Å². The maximum absolute atomic E-state index is 12.1. The van der Waals surface area contributed by atoms with Gasteiger partial charge in [-0.05, 0) is 29.8 Å². The van der Waals surface area contributed by atoms with E-state index in [-0.39, 0.29) is 16.5 Å². The van der Waals surface area contributed by atoms with Gasteiger partial charge in [0.15, 0.2) is 11.5 Å². The van der Waals surface area contributed by atoms with E-state index in [1.54, 1.807) is 30.3 Å². The summed E-state index contributed by atoms with van der Waals surface area (Å²) in [5.41, 5.74) is 0.519. The molecule has 0 radical (unpaired) electrons. The van der Waals surface area contributed by atoms with Crippen molar-refractivity contribution in [3.05, 3.63) is 53.1 Å². The zero-order valence-electron chi connectivity index (χ0n) is 13.3. The van der Waals surface area contributed by atoms with Crippen molar-refractivity contribution in [2.24, 2.45) is 5.10 Å². The second kappa shape index (κ2) is 8.42. The van der Waals surface area contributed by atoms with E-state index in [9.17, 15) is 8.42 Å². The minimum Gasteiger partial charge on any atom is -0.493 e. The monoisotopic (exact) mass is 378 g/mol. The number of sulfonamides is 1. The third kappa shape index (κ3) is 4.89. The molecule has 0 unspecified atom stereocenters. The van der Waals surface area contributed by atoms with Crippen molar-refractivity contribution in [1.29, 1.82) is 0 Å². The molecule has 0 aliphatic heterocycles. The average Bonchev–Trinajstić information content (AvgIpc) is 2.61. The van der Waals surface area contributed by atoms with E-state index >= 15 is 0 Å². The fraction of sp³-hybridized carbons (Fsp3) is 0.118. The molecule has 0 amide bonds. The van der Waals surface area contributed by atoms with Crippen molar-refractivity contribution in [1.82, 2.24) is 4.83 Å². The van der Waals surface area contributed by atoms with Crippen LogP contribution in [0.1, 0.15) is 5.56 Å². The molecule has 130 valence electrons. The van der Waals surface area contributed by atoms with Gasteiger partial charge in [0.05, 0.1) is 23.2 Å². The Bertz CT molecular complexity index is 906. The summed E-state index contributed by atoms with van der Waals surface area (Å²) in [5.74, 6) is 3.00. The molecule has 8 heteroatoms. The molecule has 25 heavy (non-hydrogen) atoms. The molecule has 2 aromatic carbocycles. The Labute approximate surface area is 151 Å². The summed E-state index contributed by atoms with van der Waals surface area (Å²) in [5, 5.41) is 4.01. The first-order valence-corrected chi connectivity index (χ1v) is 8.87. The smallest absolute Gasteiger partial charge is 0.276 e.